The highest BCUT2D eigenvalue weighted by atomic mass is 31.2. The van der Waals surface area contributed by atoms with Crippen molar-refractivity contribution < 1.29 is 9.09 Å². The molecular weight excluding hydrogens is 231 g/mol. The van der Waals surface area contributed by atoms with Gasteiger partial charge in [0.25, 0.3) is 7.37 Å². The molecule has 0 unspecified atom stereocenters. The fourth-order valence-corrected chi connectivity index (χ4v) is 3.93. The Balaban J connectivity index is 2.61. The van der Waals surface area contributed by atoms with Gasteiger partial charge in [0, 0.05) is 17.7 Å². The van der Waals surface area contributed by atoms with E-state index in [1.807, 2.05) is 61.5 Å². The Morgan fingerprint density at radius 2 is 1.53 bits per heavy atom. The summed E-state index contributed by atoms with van der Waals surface area (Å²) in [6, 6.07) is 17.0. The molecule has 0 fully saturated rings. The molecule has 0 aromatic heterocycles. The molecule has 0 spiro atoms. The van der Waals surface area contributed by atoms with Crippen LogP contribution in [0.3, 0.4) is 0 Å². The fraction of sp³-hybridized carbons (Fsp3) is 0.143. The molecule has 0 amide bonds. The molecule has 0 bridgehead atoms. The summed E-state index contributed by atoms with van der Waals surface area (Å²) < 4.78 is 18.3. The largest absolute Gasteiger partial charge is 0.325 e. The van der Waals surface area contributed by atoms with Crippen molar-refractivity contribution in [3.63, 3.8) is 0 Å². The predicted octanol–water partition coefficient (Wildman–Crippen LogP) is 2.87. The van der Waals surface area contributed by atoms with Gasteiger partial charge in [0.05, 0.1) is 0 Å². The Hall–Kier alpha value is -1.37. The third-order valence-electron chi connectivity index (χ3n) is 2.79. The second-order valence-electron chi connectivity index (χ2n) is 3.86. The predicted molar refractivity (Wildman–Crippen MR) is 71.5 cm³/mol. The van der Waals surface area contributed by atoms with Crippen LogP contribution >= 0.6 is 7.37 Å². The number of benzene rings is 2. The van der Waals surface area contributed by atoms with Crippen LogP contribution in [-0.4, -0.2) is 7.11 Å². The minimum atomic E-state index is -2.94. The lowest BCUT2D eigenvalue weighted by Gasteiger charge is -2.18. The molecule has 2 nitrogen and oxygen atoms in total. The molecule has 3 heteroatoms. The summed E-state index contributed by atoms with van der Waals surface area (Å²) in [6.45, 7) is 1.95. The summed E-state index contributed by atoms with van der Waals surface area (Å²) in [6.07, 6.45) is 0. The summed E-state index contributed by atoms with van der Waals surface area (Å²) in [5.74, 6) is 0. The zero-order chi connectivity index (χ0) is 12.3. The summed E-state index contributed by atoms with van der Waals surface area (Å²) >= 11 is 0. The molecule has 0 heterocycles. The van der Waals surface area contributed by atoms with Crippen LogP contribution in [0.5, 0.6) is 0 Å². The molecule has 88 valence electrons. The van der Waals surface area contributed by atoms with Gasteiger partial charge in [-0.1, -0.05) is 36.4 Å². The Morgan fingerprint density at radius 3 is 2.12 bits per heavy atom. The van der Waals surface area contributed by atoms with Crippen LogP contribution in [0.1, 0.15) is 5.56 Å². The normalized spacial score (nSPS) is 14.2. The van der Waals surface area contributed by atoms with Crippen LogP contribution in [-0.2, 0) is 9.09 Å². The average molecular weight is 246 g/mol. The highest BCUT2D eigenvalue weighted by Crippen LogP contribution is 2.44. The van der Waals surface area contributed by atoms with E-state index >= 15 is 0 Å². The average Bonchev–Trinajstić information content (AvgIpc) is 2.39. The molecule has 0 aliphatic carbocycles. The van der Waals surface area contributed by atoms with Gasteiger partial charge in [-0.2, -0.15) is 0 Å². The van der Waals surface area contributed by atoms with Crippen molar-refractivity contribution in [2.75, 3.05) is 7.11 Å². The van der Waals surface area contributed by atoms with Gasteiger partial charge in [0.15, 0.2) is 0 Å². The lowest BCUT2D eigenvalue weighted by atomic mass is 10.2. The van der Waals surface area contributed by atoms with E-state index in [-0.39, 0.29) is 0 Å². The highest BCUT2D eigenvalue weighted by Gasteiger charge is 2.28. The van der Waals surface area contributed by atoms with E-state index in [1.165, 1.54) is 7.11 Å². The summed E-state index contributed by atoms with van der Waals surface area (Å²) in [5, 5.41) is 1.51. The zero-order valence-corrected chi connectivity index (χ0v) is 10.9. The maximum atomic E-state index is 13.0. The third-order valence-corrected chi connectivity index (χ3v) is 5.41. The van der Waals surface area contributed by atoms with E-state index < -0.39 is 7.37 Å². The Bertz CT molecular complexity index is 549. The van der Waals surface area contributed by atoms with Crippen molar-refractivity contribution in [3.8, 4) is 0 Å². The first-order chi connectivity index (χ1) is 8.18. The van der Waals surface area contributed by atoms with Crippen molar-refractivity contribution >= 4 is 18.0 Å². The Labute approximate surface area is 102 Å². The quantitative estimate of drug-likeness (QED) is 0.778. The van der Waals surface area contributed by atoms with Crippen molar-refractivity contribution in [1.82, 2.24) is 0 Å². The SMILES string of the molecule is CO[P@@](=O)(c1ccccc1)c1ccccc1C. The number of hydrogen-bond acceptors (Lipinski definition) is 2. The van der Waals surface area contributed by atoms with Crippen molar-refractivity contribution in [2.24, 2.45) is 0 Å². The second-order valence-corrected chi connectivity index (χ2v) is 6.32. The van der Waals surface area contributed by atoms with Crippen molar-refractivity contribution in [2.45, 2.75) is 6.92 Å². The molecule has 2 aromatic carbocycles. The molecule has 0 saturated heterocycles. The van der Waals surface area contributed by atoms with E-state index in [9.17, 15) is 4.57 Å². The Morgan fingerprint density at radius 1 is 0.941 bits per heavy atom. The summed E-state index contributed by atoms with van der Waals surface area (Å²) in [5.41, 5.74) is 0.988. The second kappa shape index (κ2) is 4.87. The van der Waals surface area contributed by atoms with Crippen LogP contribution in [0.25, 0.3) is 0 Å². The molecule has 0 aliphatic heterocycles. The molecule has 2 aromatic rings. The first-order valence-corrected chi connectivity index (χ1v) is 7.08. The van der Waals surface area contributed by atoms with Gasteiger partial charge in [-0.05, 0) is 30.7 Å². The van der Waals surface area contributed by atoms with E-state index in [2.05, 4.69) is 0 Å². The monoisotopic (exact) mass is 246 g/mol. The van der Waals surface area contributed by atoms with Gasteiger partial charge in [0.2, 0.25) is 0 Å². The van der Waals surface area contributed by atoms with E-state index in [4.69, 9.17) is 4.52 Å². The molecular formula is C14H15O2P. The van der Waals surface area contributed by atoms with Crippen LogP contribution in [0.15, 0.2) is 54.6 Å². The van der Waals surface area contributed by atoms with E-state index in [1.54, 1.807) is 0 Å². The minimum absolute atomic E-state index is 0.733. The van der Waals surface area contributed by atoms with Crippen molar-refractivity contribution in [1.29, 1.82) is 0 Å². The summed E-state index contributed by atoms with van der Waals surface area (Å²) in [4.78, 5) is 0. The van der Waals surface area contributed by atoms with E-state index in [0.717, 1.165) is 16.2 Å². The first kappa shape index (κ1) is 12.1. The molecule has 0 N–H and O–H groups in total. The number of hydrogen-bond donors (Lipinski definition) is 0. The van der Waals surface area contributed by atoms with Gasteiger partial charge >= 0.3 is 0 Å². The Kier molecular flexibility index (Phi) is 3.46. The molecule has 0 radical (unpaired) electrons. The van der Waals surface area contributed by atoms with Gasteiger partial charge in [-0.3, -0.25) is 4.57 Å². The maximum Gasteiger partial charge on any atom is 0.261 e. The van der Waals surface area contributed by atoms with Crippen LogP contribution in [0, 0.1) is 6.92 Å². The van der Waals surface area contributed by atoms with Gasteiger partial charge in [-0.15, -0.1) is 0 Å². The van der Waals surface area contributed by atoms with Crippen LogP contribution < -0.4 is 10.6 Å². The van der Waals surface area contributed by atoms with Crippen LogP contribution in [0.2, 0.25) is 0 Å². The van der Waals surface area contributed by atoms with E-state index in [0.29, 0.717) is 0 Å². The zero-order valence-electron chi connectivity index (χ0n) is 9.96. The molecule has 1 atom stereocenters. The fourth-order valence-electron chi connectivity index (χ4n) is 1.86. The summed E-state index contributed by atoms with van der Waals surface area (Å²) in [7, 11) is -1.44. The lowest BCUT2D eigenvalue weighted by molar-refractivity contribution is 0.412. The third kappa shape index (κ3) is 2.19. The van der Waals surface area contributed by atoms with Crippen molar-refractivity contribution in [3.05, 3.63) is 60.2 Å². The topological polar surface area (TPSA) is 26.3 Å². The smallest absolute Gasteiger partial charge is 0.261 e. The van der Waals surface area contributed by atoms with Gasteiger partial charge in [-0.25, -0.2) is 0 Å². The standard InChI is InChI=1S/C14H15O2P/c1-12-8-6-7-11-14(12)17(15,16-2)13-9-4-3-5-10-13/h3-11H,1-2H3/t17-/m0/s1. The number of aryl methyl sites for hydroxylation is 1. The van der Waals surface area contributed by atoms with Gasteiger partial charge < -0.3 is 4.52 Å². The molecule has 2 rings (SSSR count). The first-order valence-electron chi connectivity index (χ1n) is 5.46. The van der Waals surface area contributed by atoms with Gasteiger partial charge in [0.1, 0.15) is 0 Å². The number of rotatable bonds is 3. The minimum Gasteiger partial charge on any atom is -0.325 e. The maximum absolute atomic E-state index is 13.0. The molecule has 0 aliphatic rings. The highest BCUT2D eigenvalue weighted by molar-refractivity contribution is 7.74. The molecule has 0 saturated carbocycles. The van der Waals surface area contributed by atoms with Crippen LogP contribution in [0.4, 0.5) is 0 Å². The molecule has 17 heavy (non-hydrogen) atoms. The lowest BCUT2D eigenvalue weighted by Crippen LogP contribution is -2.19.